The Hall–Kier alpha value is -0.0800. The van der Waals surface area contributed by atoms with Crippen LogP contribution in [0.25, 0.3) is 0 Å². The lowest BCUT2D eigenvalue weighted by Crippen LogP contribution is -2.51. The third kappa shape index (κ3) is 2.46. The van der Waals surface area contributed by atoms with Crippen LogP contribution in [0.2, 0.25) is 0 Å². The third-order valence-electron chi connectivity index (χ3n) is 2.99. The Balaban J connectivity index is 4.29. The number of aliphatic hydroxyl groups is 1. The van der Waals surface area contributed by atoms with Crippen LogP contribution in [-0.4, -0.2) is 35.7 Å². The fourth-order valence-corrected chi connectivity index (χ4v) is 1.33. The molecule has 0 spiro atoms. The Labute approximate surface area is 76.6 Å². The summed E-state index contributed by atoms with van der Waals surface area (Å²) in [4.78, 5) is 2.25. The predicted octanol–water partition coefficient (Wildman–Crippen LogP) is 1.74. The van der Waals surface area contributed by atoms with Crippen LogP contribution in [-0.2, 0) is 0 Å². The Morgan fingerprint density at radius 2 is 1.92 bits per heavy atom. The van der Waals surface area contributed by atoms with Crippen LogP contribution in [0.4, 0.5) is 0 Å². The highest BCUT2D eigenvalue weighted by Gasteiger charge is 2.31. The Bertz CT molecular complexity index is 125. The normalized spacial score (nSPS) is 17.0. The lowest BCUT2D eigenvalue weighted by Gasteiger charge is -2.40. The summed E-state index contributed by atoms with van der Waals surface area (Å²) in [6, 6.07) is 0. The van der Waals surface area contributed by atoms with Crippen LogP contribution in [0.15, 0.2) is 0 Å². The van der Waals surface area contributed by atoms with E-state index in [1.165, 1.54) is 0 Å². The molecule has 0 saturated carbocycles. The van der Waals surface area contributed by atoms with Crippen molar-refractivity contribution < 1.29 is 5.11 Å². The smallest absolute Gasteiger partial charge is 0.0615 e. The number of hydrogen-bond acceptors (Lipinski definition) is 2. The number of nitrogens with zero attached hydrogens (tertiary/aromatic N) is 1. The average Bonchev–Trinajstić information content (AvgIpc) is 2.03. The first-order chi connectivity index (χ1) is 5.49. The third-order valence-corrected chi connectivity index (χ3v) is 2.99. The quantitative estimate of drug-likeness (QED) is 0.684. The number of aliphatic hydroxyl groups excluding tert-OH is 1. The zero-order valence-electron chi connectivity index (χ0n) is 9.09. The molecule has 1 unspecified atom stereocenters. The van der Waals surface area contributed by atoms with E-state index < -0.39 is 0 Å². The van der Waals surface area contributed by atoms with Crippen LogP contribution in [0.1, 0.15) is 34.1 Å². The van der Waals surface area contributed by atoms with Gasteiger partial charge in [0.15, 0.2) is 0 Å². The standard InChI is InChI=1S/C10H23NO/c1-6-7-11(5)10(4,8-12)9(2)3/h9,12H,6-8H2,1-5H3. The first-order valence-electron chi connectivity index (χ1n) is 4.81. The topological polar surface area (TPSA) is 23.5 Å². The van der Waals surface area contributed by atoms with Gasteiger partial charge in [-0.15, -0.1) is 0 Å². The van der Waals surface area contributed by atoms with E-state index in [0.717, 1.165) is 13.0 Å². The molecule has 2 heteroatoms. The summed E-state index contributed by atoms with van der Waals surface area (Å²) in [6.45, 7) is 9.88. The molecule has 0 aliphatic carbocycles. The molecule has 0 aromatic heterocycles. The van der Waals surface area contributed by atoms with Gasteiger partial charge in [0.25, 0.3) is 0 Å². The van der Waals surface area contributed by atoms with Gasteiger partial charge in [-0.1, -0.05) is 20.8 Å². The van der Waals surface area contributed by atoms with Gasteiger partial charge in [0.1, 0.15) is 0 Å². The number of likely N-dealkylation sites (N-methyl/N-ethyl adjacent to an activating group) is 1. The molecule has 0 heterocycles. The minimum absolute atomic E-state index is 0.0595. The maximum atomic E-state index is 9.31. The van der Waals surface area contributed by atoms with Crippen molar-refractivity contribution in [3.63, 3.8) is 0 Å². The molecule has 0 aliphatic heterocycles. The van der Waals surface area contributed by atoms with E-state index in [4.69, 9.17) is 0 Å². The van der Waals surface area contributed by atoms with E-state index >= 15 is 0 Å². The first kappa shape index (κ1) is 11.9. The Morgan fingerprint density at radius 3 is 2.17 bits per heavy atom. The SMILES string of the molecule is CCCN(C)C(C)(CO)C(C)C. The molecular weight excluding hydrogens is 150 g/mol. The summed E-state index contributed by atoms with van der Waals surface area (Å²) >= 11 is 0. The minimum Gasteiger partial charge on any atom is -0.394 e. The van der Waals surface area contributed by atoms with E-state index in [2.05, 4.69) is 39.6 Å². The molecule has 0 rings (SSSR count). The number of hydrogen-bond donors (Lipinski definition) is 1. The van der Waals surface area contributed by atoms with Crippen molar-refractivity contribution in [2.75, 3.05) is 20.2 Å². The van der Waals surface area contributed by atoms with Gasteiger partial charge in [-0.25, -0.2) is 0 Å². The molecule has 2 nitrogen and oxygen atoms in total. The molecule has 0 aromatic rings. The van der Waals surface area contributed by atoms with Crippen LogP contribution >= 0.6 is 0 Å². The number of rotatable bonds is 5. The van der Waals surface area contributed by atoms with Crippen molar-refractivity contribution in [1.29, 1.82) is 0 Å². The second-order valence-electron chi connectivity index (χ2n) is 4.09. The molecule has 0 aromatic carbocycles. The molecule has 0 amide bonds. The molecule has 0 bridgehead atoms. The van der Waals surface area contributed by atoms with Crippen LogP contribution in [0, 0.1) is 5.92 Å². The highest BCUT2D eigenvalue weighted by atomic mass is 16.3. The van der Waals surface area contributed by atoms with Crippen molar-refractivity contribution in [3.8, 4) is 0 Å². The van der Waals surface area contributed by atoms with Gasteiger partial charge in [-0.3, -0.25) is 4.90 Å². The minimum atomic E-state index is -0.0595. The van der Waals surface area contributed by atoms with Gasteiger partial charge in [0.05, 0.1) is 6.61 Å². The molecule has 0 saturated heterocycles. The van der Waals surface area contributed by atoms with E-state index in [1.54, 1.807) is 0 Å². The van der Waals surface area contributed by atoms with Crippen LogP contribution in [0.5, 0.6) is 0 Å². The Morgan fingerprint density at radius 1 is 1.42 bits per heavy atom. The van der Waals surface area contributed by atoms with Crippen molar-refractivity contribution in [2.24, 2.45) is 5.92 Å². The monoisotopic (exact) mass is 173 g/mol. The summed E-state index contributed by atoms with van der Waals surface area (Å²) in [5.41, 5.74) is -0.0595. The van der Waals surface area contributed by atoms with Gasteiger partial charge in [-0.2, -0.15) is 0 Å². The molecule has 0 radical (unpaired) electrons. The molecule has 0 fully saturated rings. The molecule has 1 N–H and O–H groups in total. The van der Waals surface area contributed by atoms with Crippen LogP contribution < -0.4 is 0 Å². The molecule has 74 valence electrons. The lowest BCUT2D eigenvalue weighted by molar-refractivity contribution is 0.0268. The van der Waals surface area contributed by atoms with Gasteiger partial charge >= 0.3 is 0 Å². The fourth-order valence-electron chi connectivity index (χ4n) is 1.33. The van der Waals surface area contributed by atoms with E-state index in [1.807, 2.05) is 0 Å². The van der Waals surface area contributed by atoms with Gasteiger partial charge in [0, 0.05) is 5.54 Å². The average molecular weight is 173 g/mol. The zero-order chi connectivity index (χ0) is 9.78. The largest absolute Gasteiger partial charge is 0.394 e. The molecule has 0 aliphatic rings. The second kappa shape index (κ2) is 4.83. The van der Waals surface area contributed by atoms with Gasteiger partial charge in [-0.05, 0) is 32.9 Å². The lowest BCUT2D eigenvalue weighted by atomic mass is 9.87. The molecule has 1 atom stereocenters. The highest BCUT2D eigenvalue weighted by Crippen LogP contribution is 2.22. The zero-order valence-corrected chi connectivity index (χ0v) is 9.09. The van der Waals surface area contributed by atoms with E-state index in [9.17, 15) is 5.11 Å². The van der Waals surface area contributed by atoms with E-state index in [-0.39, 0.29) is 12.1 Å². The highest BCUT2D eigenvalue weighted by molar-refractivity contribution is 4.86. The predicted molar refractivity (Wildman–Crippen MR) is 53.2 cm³/mol. The summed E-state index contributed by atoms with van der Waals surface area (Å²) < 4.78 is 0. The van der Waals surface area contributed by atoms with E-state index in [0.29, 0.717) is 5.92 Å². The first-order valence-corrected chi connectivity index (χ1v) is 4.81. The summed E-state index contributed by atoms with van der Waals surface area (Å²) in [5.74, 6) is 0.485. The molecule has 12 heavy (non-hydrogen) atoms. The van der Waals surface area contributed by atoms with Gasteiger partial charge < -0.3 is 5.11 Å². The van der Waals surface area contributed by atoms with Gasteiger partial charge in [0.2, 0.25) is 0 Å². The summed E-state index contributed by atoms with van der Waals surface area (Å²) in [5, 5.41) is 9.31. The van der Waals surface area contributed by atoms with Crippen molar-refractivity contribution in [3.05, 3.63) is 0 Å². The Kier molecular flexibility index (Phi) is 4.80. The van der Waals surface area contributed by atoms with Crippen LogP contribution in [0.3, 0.4) is 0 Å². The summed E-state index contributed by atoms with van der Waals surface area (Å²) in [6.07, 6.45) is 1.14. The van der Waals surface area contributed by atoms with Crippen molar-refractivity contribution in [2.45, 2.75) is 39.7 Å². The maximum absolute atomic E-state index is 9.31. The van der Waals surface area contributed by atoms with Crippen molar-refractivity contribution >= 4 is 0 Å². The molecular formula is C10H23NO. The van der Waals surface area contributed by atoms with Crippen molar-refractivity contribution in [1.82, 2.24) is 4.90 Å². The fraction of sp³-hybridized carbons (Fsp3) is 1.00. The second-order valence-corrected chi connectivity index (χ2v) is 4.09. The maximum Gasteiger partial charge on any atom is 0.0615 e. The summed E-state index contributed by atoms with van der Waals surface area (Å²) in [7, 11) is 2.08.